The molecule has 2 aliphatic heterocycles. The molecule has 0 aromatic carbocycles. The minimum absolute atomic E-state index is 0.131. The van der Waals surface area contributed by atoms with Crippen molar-refractivity contribution in [1.82, 2.24) is 9.71 Å². The highest BCUT2D eigenvalue weighted by Gasteiger charge is 2.34. The van der Waals surface area contributed by atoms with Crippen LogP contribution in [0.15, 0.2) is 17.0 Å². The average molecular weight is 278 g/mol. The van der Waals surface area contributed by atoms with E-state index in [4.69, 9.17) is 5.26 Å². The zero-order chi connectivity index (χ0) is 13.5. The van der Waals surface area contributed by atoms with Crippen molar-refractivity contribution >= 4 is 15.8 Å². The first kappa shape index (κ1) is 12.4. The number of piperidine rings is 1. The lowest BCUT2D eigenvalue weighted by atomic mass is 10.0. The molecule has 1 N–H and O–H groups in total. The van der Waals surface area contributed by atoms with Crippen LogP contribution < -0.4 is 9.62 Å². The topological polar surface area (TPSA) is 86.1 Å². The molecule has 3 rings (SSSR count). The summed E-state index contributed by atoms with van der Waals surface area (Å²) in [4.78, 5) is 6.42. The van der Waals surface area contributed by atoms with Crippen molar-refractivity contribution in [3.63, 3.8) is 0 Å². The van der Waals surface area contributed by atoms with Gasteiger partial charge in [0.2, 0.25) is 10.0 Å². The van der Waals surface area contributed by atoms with E-state index in [2.05, 4.69) is 9.71 Å². The summed E-state index contributed by atoms with van der Waals surface area (Å²) in [5.41, 5.74) is 0.250. The van der Waals surface area contributed by atoms with Crippen LogP contribution in [0, 0.1) is 11.3 Å². The van der Waals surface area contributed by atoms with Gasteiger partial charge in [0.05, 0.1) is 0 Å². The molecule has 0 amide bonds. The second kappa shape index (κ2) is 4.47. The normalized spacial score (nSPS) is 24.8. The predicted molar refractivity (Wildman–Crippen MR) is 69.1 cm³/mol. The van der Waals surface area contributed by atoms with E-state index in [1.807, 2.05) is 11.0 Å². The first-order valence-corrected chi connectivity index (χ1v) is 7.77. The van der Waals surface area contributed by atoms with Crippen LogP contribution in [0.25, 0.3) is 0 Å². The lowest BCUT2D eigenvalue weighted by Gasteiger charge is -2.35. The average Bonchev–Trinajstić information content (AvgIpc) is 2.55. The van der Waals surface area contributed by atoms with Crippen LogP contribution in [0.3, 0.4) is 0 Å². The number of anilines is 1. The molecule has 3 heterocycles. The number of aromatic nitrogens is 1. The van der Waals surface area contributed by atoms with E-state index in [9.17, 15) is 8.42 Å². The molecule has 1 saturated heterocycles. The van der Waals surface area contributed by atoms with Crippen LogP contribution >= 0.6 is 0 Å². The molecule has 1 atom stereocenters. The van der Waals surface area contributed by atoms with Crippen molar-refractivity contribution in [2.24, 2.45) is 0 Å². The van der Waals surface area contributed by atoms with Gasteiger partial charge in [-0.3, -0.25) is 0 Å². The quantitative estimate of drug-likeness (QED) is 0.751. The van der Waals surface area contributed by atoms with Gasteiger partial charge in [0.25, 0.3) is 0 Å². The second-order valence-corrected chi connectivity index (χ2v) is 6.56. The monoisotopic (exact) mass is 278 g/mol. The van der Waals surface area contributed by atoms with Gasteiger partial charge in [0, 0.05) is 19.1 Å². The van der Waals surface area contributed by atoms with E-state index in [0.29, 0.717) is 12.4 Å². The number of pyridine rings is 1. The molecule has 100 valence electrons. The maximum Gasteiger partial charge on any atom is 0.244 e. The van der Waals surface area contributed by atoms with E-state index in [1.54, 1.807) is 0 Å². The van der Waals surface area contributed by atoms with Crippen LogP contribution in [-0.2, 0) is 10.0 Å². The molecular weight excluding hydrogens is 264 g/mol. The Labute approximate surface area is 112 Å². The van der Waals surface area contributed by atoms with E-state index >= 15 is 0 Å². The lowest BCUT2D eigenvalue weighted by Crippen LogP contribution is -2.44. The summed E-state index contributed by atoms with van der Waals surface area (Å²) in [6, 6.07) is 5.02. The lowest BCUT2D eigenvalue weighted by molar-refractivity contribution is 0.454. The summed E-state index contributed by atoms with van der Waals surface area (Å²) in [5.74, 6) is 0.425. The fourth-order valence-corrected chi connectivity index (χ4v) is 3.91. The summed E-state index contributed by atoms with van der Waals surface area (Å²) in [7, 11) is -3.53. The largest absolute Gasteiger partial charge is 0.351 e. The Morgan fingerprint density at radius 1 is 1.42 bits per heavy atom. The smallest absolute Gasteiger partial charge is 0.244 e. The third-order valence-corrected chi connectivity index (χ3v) is 5.10. The Morgan fingerprint density at radius 2 is 2.26 bits per heavy atom. The summed E-state index contributed by atoms with van der Waals surface area (Å²) in [6.07, 6.45) is 3.06. The number of sulfonamides is 1. The molecule has 7 heteroatoms. The molecule has 1 aromatic rings. The van der Waals surface area contributed by atoms with Crippen LogP contribution in [0.5, 0.6) is 0 Å². The number of nitrogens with zero attached hydrogens (tertiary/aromatic N) is 3. The SMILES string of the molecule is N#Cc1ccc2c(n1)N1CCCC[C@H]1CNS2(=O)=O. The number of hydrogen-bond donors (Lipinski definition) is 1. The highest BCUT2D eigenvalue weighted by Crippen LogP contribution is 2.31. The second-order valence-electron chi connectivity index (χ2n) is 4.82. The Kier molecular flexibility index (Phi) is 2.92. The van der Waals surface area contributed by atoms with Crippen molar-refractivity contribution in [2.75, 3.05) is 18.0 Å². The molecule has 19 heavy (non-hydrogen) atoms. The van der Waals surface area contributed by atoms with Gasteiger partial charge in [-0.25, -0.2) is 18.1 Å². The molecule has 0 radical (unpaired) electrons. The molecule has 0 spiro atoms. The number of fused-ring (bicyclic) bond motifs is 3. The molecule has 6 nitrogen and oxygen atoms in total. The van der Waals surface area contributed by atoms with E-state index in [0.717, 1.165) is 25.8 Å². The molecule has 0 aliphatic carbocycles. The van der Waals surface area contributed by atoms with E-state index in [1.165, 1.54) is 12.1 Å². The molecule has 2 aliphatic rings. The fraction of sp³-hybridized carbons (Fsp3) is 0.500. The molecule has 1 fully saturated rings. The number of nitrogens with one attached hydrogen (secondary N) is 1. The number of nitriles is 1. The zero-order valence-corrected chi connectivity index (χ0v) is 11.2. The Bertz CT molecular complexity index is 650. The van der Waals surface area contributed by atoms with Gasteiger partial charge in [-0.15, -0.1) is 0 Å². The molecule has 1 aromatic heterocycles. The summed E-state index contributed by atoms with van der Waals surface area (Å²) >= 11 is 0. The van der Waals surface area contributed by atoms with Gasteiger partial charge in [-0.1, -0.05) is 0 Å². The Morgan fingerprint density at radius 3 is 3.05 bits per heavy atom. The number of hydrogen-bond acceptors (Lipinski definition) is 5. The highest BCUT2D eigenvalue weighted by atomic mass is 32.2. The van der Waals surface area contributed by atoms with Crippen molar-refractivity contribution in [3.05, 3.63) is 17.8 Å². The molecule has 0 unspecified atom stereocenters. The van der Waals surface area contributed by atoms with E-state index in [-0.39, 0.29) is 16.6 Å². The van der Waals surface area contributed by atoms with Gasteiger partial charge < -0.3 is 4.90 Å². The zero-order valence-electron chi connectivity index (χ0n) is 10.3. The van der Waals surface area contributed by atoms with Crippen LogP contribution in [0.1, 0.15) is 25.0 Å². The van der Waals surface area contributed by atoms with E-state index < -0.39 is 10.0 Å². The van der Waals surface area contributed by atoms with Crippen molar-refractivity contribution in [1.29, 1.82) is 5.26 Å². The van der Waals surface area contributed by atoms with Crippen LogP contribution in [-0.4, -0.2) is 32.5 Å². The van der Waals surface area contributed by atoms with Gasteiger partial charge in [0.1, 0.15) is 16.7 Å². The minimum atomic E-state index is -3.53. The van der Waals surface area contributed by atoms with Crippen LogP contribution in [0.4, 0.5) is 5.82 Å². The summed E-state index contributed by atoms with van der Waals surface area (Å²) < 4.78 is 27.0. The fourth-order valence-electron chi connectivity index (χ4n) is 2.69. The molecular formula is C12H14N4O2S. The maximum atomic E-state index is 12.2. The van der Waals surface area contributed by atoms with Gasteiger partial charge in [-0.05, 0) is 31.4 Å². The standard InChI is InChI=1S/C12H14N4O2S/c13-7-9-4-5-11-12(15-9)16-6-2-1-3-10(16)8-14-19(11,17)18/h4-5,10,14H,1-3,6,8H2/t10-/m0/s1. The Balaban J connectivity index is 2.19. The first-order valence-electron chi connectivity index (χ1n) is 6.29. The van der Waals surface area contributed by atoms with Crippen molar-refractivity contribution < 1.29 is 8.42 Å². The van der Waals surface area contributed by atoms with Gasteiger partial charge >= 0.3 is 0 Å². The van der Waals surface area contributed by atoms with Gasteiger partial charge in [0.15, 0.2) is 5.82 Å². The van der Waals surface area contributed by atoms with Gasteiger partial charge in [-0.2, -0.15) is 5.26 Å². The molecule has 0 saturated carbocycles. The Hall–Kier alpha value is -1.65. The minimum Gasteiger partial charge on any atom is -0.351 e. The first-order chi connectivity index (χ1) is 9.12. The van der Waals surface area contributed by atoms with Crippen molar-refractivity contribution in [2.45, 2.75) is 30.2 Å². The summed E-state index contributed by atoms with van der Waals surface area (Å²) in [6.45, 7) is 1.19. The molecule has 0 bridgehead atoms. The maximum absolute atomic E-state index is 12.2. The third-order valence-electron chi connectivity index (χ3n) is 3.65. The van der Waals surface area contributed by atoms with Crippen LogP contribution in [0.2, 0.25) is 0 Å². The summed E-state index contributed by atoms with van der Waals surface area (Å²) in [5, 5.41) is 8.94. The predicted octanol–water partition coefficient (Wildman–Crippen LogP) is 0.604. The highest BCUT2D eigenvalue weighted by molar-refractivity contribution is 7.89. The number of rotatable bonds is 0. The van der Waals surface area contributed by atoms with Crippen molar-refractivity contribution in [3.8, 4) is 6.07 Å². The third kappa shape index (κ3) is 2.07.